The van der Waals surface area contributed by atoms with Gasteiger partial charge in [-0.3, -0.25) is 10.1 Å². The summed E-state index contributed by atoms with van der Waals surface area (Å²) in [6.45, 7) is 0.467. The minimum Gasteiger partial charge on any atom is -0.490 e. The van der Waals surface area contributed by atoms with Crippen LogP contribution in [0.2, 0.25) is 5.02 Å². The minimum absolute atomic E-state index is 0.0995. The number of hydrogen-bond acceptors (Lipinski definition) is 5. The average molecular weight is 320 g/mol. The number of nitrogens with zero attached hydrogens (tertiary/aromatic N) is 2. The van der Waals surface area contributed by atoms with Gasteiger partial charge >= 0.3 is 5.69 Å². The zero-order valence-corrected chi connectivity index (χ0v) is 12.6. The van der Waals surface area contributed by atoms with Gasteiger partial charge in [-0.25, -0.2) is 0 Å². The summed E-state index contributed by atoms with van der Waals surface area (Å²) in [5, 5.41) is 15.6. The Morgan fingerprint density at radius 1 is 1.36 bits per heavy atom. The van der Waals surface area contributed by atoms with Crippen LogP contribution >= 0.6 is 11.6 Å². The van der Waals surface area contributed by atoms with Crippen LogP contribution in [0.4, 0.5) is 5.69 Å². The molecule has 0 fully saturated rings. The van der Waals surface area contributed by atoms with E-state index in [1.165, 1.54) is 25.5 Å². The molecule has 0 bridgehead atoms. The third-order valence-corrected chi connectivity index (χ3v) is 3.30. The molecule has 0 spiro atoms. The molecule has 0 atom stereocenters. The molecule has 0 aliphatic carbocycles. The zero-order chi connectivity index (χ0) is 15.9. The average Bonchev–Trinajstić information content (AvgIpc) is 2.52. The number of nitro benzene ring substituents is 1. The highest BCUT2D eigenvalue weighted by Gasteiger charge is 2.14. The Balaban J connectivity index is 2.03. The number of benzene rings is 2. The van der Waals surface area contributed by atoms with E-state index in [4.69, 9.17) is 16.3 Å². The highest BCUT2D eigenvalue weighted by molar-refractivity contribution is 6.31. The van der Waals surface area contributed by atoms with E-state index in [9.17, 15) is 10.1 Å². The van der Waals surface area contributed by atoms with Gasteiger partial charge in [0.2, 0.25) is 0 Å². The van der Waals surface area contributed by atoms with Gasteiger partial charge < -0.3 is 10.2 Å². The predicted octanol–water partition coefficient (Wildman–Crippen LogP) is 3.38. The molecule has 22 heavy (non-hydrogen) atoms. The Morgan fingerprint density at radius 2 is 2.14 bits per heavy atom. The number of nitrogens with one attached hydrogen (secondary N) is 1. The Bertz CT molecular complexity index is 704. The van der Waals surface area contributed by atoms with E-state index in [1.54, 1.807) is 12.1 Å². The van der Waals surface area contributed by atoms with Crippen molar-refractivity contribution in [2.24, 2.45) is 5.10 Å². The highest BCUT2D eigenvalue weighted by Crippen LogP contribution is 2.26. The van der Waals surface area contributed by atoms with E-state index >= 15 is 0 Å². The van der Waals surface area contributed by atoms with Gasteiger partial charge in [0, 0.05) is 16.7 Å². The summed E-state index contributed by atoms with van der Waals surface area (Å²) in [5.41, 5.74) is 4.27. The van der Waals surface area contributed by atoms with Gasteiger partial charge in [0.25, 0.3) is 0 Å². The fourth-order valence-electron chi connectivity index (χ4n) is 1.82. The van der Waals surface area contributed by atoms with Crippen molar-refractivity contribution in [3.05, 3.63) is 68.7 Å². The van der Waals surface area contributed by atoms with Crippen molar-refractivity contribution in [1.29, 1.82) is 0 Å². The quantitative estimate of drug-likeness (QED) is 0.503. The van der Waals surface area contributed by atoms with Crippen LogP contribution in [0.25, 0.3) is 0 Å². The Labute approximate surface area is 132 Å². The molecular weight excluding hydrogens is 306 g/mol. The first-order valence-corrected chi connectivity index (χ1v) is 6.81. The predicted molar refractivity (Wildman–Crippen MR) is 85.5 cm³/mol. The molecule has 2 aromatic carbocycles. The molecule has 0 heterocycles. The van der Waals surface area contributed by atoms with Gasteiger partial charge in [0.15, 0.2) is 5.75 Å². The molecule has 0 aliphatic heterocycles. The molecule has 2 rings (SSSR count). The smallest absolute Gasteiger partial charge is 0.311 e. The molecule has 1 N–H and O–H groups in total. The lowest BCUT2D eigenvalue weighted by Crippen LogP contribution is -2.06. The van der Waals surface area contributed by atoms with Gasteiger partial charge in [-0.15, -0.1) is 0 Å². The molecule has 7 heteroatoms. The van der Waals surface area contributed by atoms with Crippen molar-refractivity contribution < 1.29 is 9.66 Å². The number of rotatable bonds is 6. The summed E-state index contributed by atoms with van der Waals surface area (Å²) in [6, 6.07) is 12.1. The van der Waals surface area contributed by atoms with Crippen molar-refractivity contribution in [3.8, 4) is 5.75 Å². The lowest BCUT2D eigenvalue weighted by atomic mass is 10.2. The molecular formula is C15H14ClN3O3. The molecule has 0 unspecified atom stereocenters. The topological polar surface area (TPSA) is 76.8 Å². The normalized spacial score (nSPS) is 10.6. The summed E-state index contributed by atoms with van der Waals surface area (Å²) in [4.78, 5) is 10.4. The Kier molecular flexibility index (Phi) is 5.32. The van der Waals surface area contributed by atoms with E-state index < -0.39 is 4.92 Å². The Morgan fingerprint density at radius 3 is 2.82 bits per heavy atom. The first-order chi connectivity index (χ1) is 10.6. The molecule has 2 aromatic rings. The highest BCUT2D eigenvalue weighted by atomic mass is 35.5. The number of hydrogen-bond donors (Lipinski definition) is 1. The maximum atomic E-state index is 10.9. The molecule has 0 aromatic heterocycles. The summed E-state index contributed by atoms with van der Waals surface area (Å²) in [6.07, 6.45) is 1.50. The van der Waals surface area contributed by atoms with Crippen LogP contribution < -0.4 is 10.2 Å². The summed E-state index contributed by atoms with van der Waals surface area (Å²) in [7, 11) is 1.39. The van der Waals surface area contributed by atoms with E-state index in [2.05, 4.69) is 10.5 Å². The zero-order valence-electron chi connectivity index (χ0n) is 11.8. The number of nitro groups is 1. The molecule has 0 saturated carbocycles. The van der Waals surface area contributed by atoms with Crippen LogP contribution in [-0.2, 0) is 6.54 Å². The summed E-state index contributed by atoms with van der Waals surface area (Å²) in [5.74, 6) is 0.214. The molecule has 0 radical (unpaired) electrons. The van der Waals surface area contributed by atoms with Crippen molar-refractivity contribution >= 4 is 23.5 Å². The lowest BCUT2D eigenvalue weighted by molar-refractivity contribution is -0.385. The largest absolute Gasteiger partial charge is 0.490 e. The van der Waals surface area contributed by atoms with Gasteiger partial charge in [-0.1, -0.05) is 29.8 Å². The van der Waals surface area contributed by atoms with Crippen LogP contribution in [0.1, 0.15) is 11.1 Å². The Hall–Kier alpha value is -2.60. The van der Waals surface area contributed by atoms with Crippen LogP contribution in [-0.4, -0.2) is 18.2 Å². The summed E-state index contributed by atoms with van der Waals surface area (Å²) < 4.78 is 4.94. The van der Waals surface area contributed by atoms with Crippen LogP contribution in [0.3, 0.4) is 0 Å². The van der Waals surface area contributed by atoms with Gasteiger partial charge in [0.1, 0.15) is 0 Å². The van der Waals surface area contributed by atoms with Crippen molar-refractivity contribution in [1.82, 2.24) is 5.43 Å². The number of halogens is 1. The van der Waals surface area contributed by atoms with Gasteiger partial charge in [-0.2, -0.15) is 5.10 Å². The van der Waals surface area contributed by atoms with Crippen molar-refractivity contribution in [2.45, 2.75) is 6.54 Å². The van der Waals surface area contributed by atoms with Crippen molar-refractivity contribution in [2.75, 3.05) is 7.11 Å². The third-order valence-electron chi connectivity index (χ3n) is 2.93. The van der Waals surface area contributed by atoms with Crippen LogP contribution in [0, 0.1) is 10.1 Å². The first kappa shape index (κ1) is 15.8. The molecule has 0 aliphatic rings. The maximum Gasteiger partial charge on any atom is 0.311 e. The van der Waals surface area contributed by atoms with Crippen LogP contribution in [0.5, 0.6) is 5.75 Å². The second-order valence-electron chi connectivity index (χ2n) is 4.37. The lowest BCUT2D eigenvalue weighted by Gasteiger charge is -2.04. The van der Waals surface area contributed by atoms with Crippen LogP contribution in [0.15, 0.2) is 47.6 Å². The van der Waals surface area contributed by atoms with Crippen molar-refractivity contribution in [3.63, 3.8) is 0 Å². The number of hydrazone groups is 1. The minimum atomic E-state index is -0.493. The standard InChI is InChI=1S/C15H14ClN3O3/c1-22-15-7-6-11(8-14(15)19(20)21)9-17-18-10-12-4-2-3-5-13(12)16/h2-9,18H,10H2,1H3/b17-9-. The SMILES string of the molecule is COc1ccc(/C=N\NCc2ccccc2Cl)cc1[N+](=O)[O-]. The molecule has 114 valence electrons. The first-order valence-electron chi connectivity index (χ1n) is 6.43. The fourth-order valence-corrected chi connectivity index (χ4v) is 2.03. The van der Waals surface area contributed by atoms with E-state index in [0.717, 1.165) is 5.56 Å². The third kappa shape index (κ3) is 3.95. The van der Waals surface area contributed by atoms with E-state index in [1.807, 2.05) is 18.2 Å². The number of ether oxygens (including phenoxy) is 1. The fraction of sp³-hybridized carbons (Fsp3) is 0.133. The molecule has 0 saturated heterocycles. The summed E-state index contributed by atoms with van der Waals surface area (Å²) >= 11 is 6.03. The van der Waals surface area contributed by atoms with Gasteiger partial charge in [0.05, 0.1) is 24.8 Å². The van der Waals surface area contributed by atoms with E-state index in [0.29, 0.717) is 17.1 Å². The van der Waals surface area contributed by atoms with Gasteiger partial charge in [-0.05, 0) is 23.8 Å². The maximum absolute atomic E-state index is 10.9. The van der Waals surface area contributed by atoms with E-state index in [-0.39, 0.29) is 11.4 Å². The second-order valence-corrected chi connectivity index (χ2v) is 4.78. The molecule has 6 nitrogen and oxygen atoms in total. The molecule has 0 amide bonds. The second kappa shape index (κ2) is 7.42. The monoisotopic (exact) mass is 319 g/mol. The number of methoxy groups -OCH3 is 1.